The molecule has 1 aromatic rings. The van der Waals surface area contributed by atoms with E-state index in [1.807, 2.05) is 6.92 Å². The molecule has 2 rings (SSSR count). The number of nitrogens with zero attached hydrogens (tertiary/aromatic N) is 3. The first-order valence-corrected chi connectivity index (χ1v) is 7.50. The molecule has 0 aliphatic carbocycles. The van der Waals surface area contributed by atoms with Gasteiger partial charge in [0.25, 0.3) is 0 Å². The third-order valence-corrected chi connectivity index (χ3v) is 3.49. The van der Waals surface area contributed by atoms with Gasteiger partial charge in [-0.05, 0) is 34.1 Å². The maximum Gasteiger partial charge on any atom is 0.137 e. The number of aromatic nitrogens is 2. The first kappa shape index (κ1) is 15.0. The SMILES string of the molecule is CCCNc1nc(C)nc(N2CC(C)OC(C)C2)c1C. The summed E-state index contributed by atoms with van der Waals surface area (Å²) in [4.78, 5) is 11.5. The largest absolute Gasteiger partial charge is 0.372 e. The van der Waals surface area contributed by atoms with Crippen molar-refractivity contribution >= 4 is 11.6 Å². The molecule has 0 bridgehead atoms. The van der Waals surface area contributed by atoms with Gasteiger partial charge < -0.3 is 15.0 Å². The van der Waals surface area contributed by atoms with E-state index in [9.17, 15) is 0 Å². The minimum atomic E-state index is 0.237. The molecule has 1 aromatic heterocycles. The zero-order valence-electron chi connectivity index (χ0n) is 13.2. The van der Waals surface area contributed by atoms with E-state index in [-0.39, 0.29) is 12.2 Å². The molecule has 1 fully saturated rings. The Kier molecular flexibility index (Phi) is 4.81. The maximum atomic E-state index is 5.80. The smallest absolute Gasteiger partial charge is 0.137 e. The van der Waals surface area contributed by atoms with Crippen LogP contribution in [-0.2, 0) is 4.74 Å². The van der Waals surface area contributed by atoms with E-state index in [4.69, 9.17) is 4.74 Å². The zero-order chi connectivity index (χ0) is 14.7. The first-order chi connectivity index (χ1) is 9.51. The predicted octanol–water partition coefficient (Wildman–Crippen LogP) is 2.53. The van der Waals surface area contributed by atoms with E-state index in [0.717, 1.165) is 49.1 Å². The van der Waals surface area contributed by atoms with Crippen LogP contribution in [0.2, 0.25) is 0 Å². The van der Waals surface area contributed by atoms with Crippen LogP contribution in [0.5, 0.6) is 0 Å². The molecule has 1 N–H and O–H groups in total. The lowest BCUT2D eigenvalue weighted by atomic mass is 10.2. The molecule has 0 saturated carbocycles. The molecule has 1 aliphatic heterocycles. The number of rotatable bonds is 4. The minimum absolute atomic E-state index is 0.237. The predicted molar refractivity (Wildman–Crippen MR) is 82.5 cm³/mol. The van der Waals surface area contributed by atoms with Crippen molar-refractivity contribution in [3.05, 3.63) is 11.4 Å². The number of hydrogen-bond acceptors (Lipinski definition) is 5. The molecule has 2 heterocycles. The van der Waals surface area contributed by atoms with Gasteiger partial charge in [-0.25, -0.2) is 9.97 Å². The maximum absolute atomic E-state index is 5.80. The highest BCUT2D eigenvalue weighted by molar-refractivity contribution is 5.59. The van der Waals surface area contributed by atoms with Crippen molar-refractivity contribution in [1.29, 1.82) is 0 Å². The molecule has 0 amide bonds. The van der Waals surface area contributed by atoms with E-state index in [1.165, 1.54) is 0 Å². The van der Waals surface area contributed by atoms with Crippen molar-refractivity contribution in [3.63, 3.8) is 0 Å². The van der Waals surface area contributed by atoms with Gasteiger partial charge in [-0.3, -0.25) is 0 Å². The van der Waals surface area contributed by atoms with Crippen molar-refractivity contribution < 1.29 is 4.74 Å². The molecule has 112 valence electrons. The fourth-order valence-electron chi connectivity index (χ4n) is 2.69. The van der Waals surface area contributed by atoms with Crippen molar-refractivity contribution in [2.24, 2.45) is 0 Å². The van der Waals surface area contributed by atoms with Gasteiger partial charge >= 0.3 is 0 Å². The standard InChI is InChI=1S/C15H26N4O/c1-6-7-16-14-12(4)15(18-13(5)17-14)19-8-10(2)20-11(3)9-19/h10-11H,6-9H2,1-5H3,(H,16,17,18). The van der Waals surface area contributed by atoms with Gasteiger partial charge in [0.2, 0.25) is 0 Å². The molecular formula is C15H26N4O. The Bertz CT molecular complexity index is 453. The van der Waals surface area contributed by atoms with Gasteiger partial charge in [0.05, 0.1) is 12.2 Å². The van der Waals surface area contributed by atoms with Crippen LogP contribution in [0.4, 0.5) is 11.6 Å². The average Bonchev–Trinajstić information content (AvgIpc) is 2.38. The Morgan fingerprint density at radius 1 is 1.20 bits per heavy atom. The van der Waals surface area contributed by atoms with E-state index in [0.29, 0.717) is 0 Å². The van der Waals surface area contributed by atoms with E-state index in [1.54, 1.807) is 0 Å². The average molecular weight is 278 g/mol. The fourth-order valence-corrected chi connectivity index (χ4v) is 2.69. The summed E-state index contributed by atoms with van der Waals surface area (Å²) >= 11 is 0. The Morgan fingerprint density at radius 2 is 1.85 bits per heavy atom. The Morgan fingerprint density at radius 3 is 2.45 bits per heavy atom. The Hall–Kier alpha value is -1.36. The van der Waals surface area contributed by atoms with Crippen LogP contribution >= 0.6 is 0 Å². The summed E-state index contributed by atoms with van der Waals surface area (Å²) in [6.45, 7) is 13.1. The van der Waals surface area contributed by atoms with Crippen molar-refractivity contribution in [2.45, 2.75) is 53.2 Å². The lowest BCUT2D eigenvalue weighted by molar-refractivity contribution is -0.00550. The third kappa shape index (κ3) is 3.39. The molecular weight excluding hydrogens is 252 g/mol. The summed E-state index contributed by atoms with van der Waals surface area (Å²) < 4.78 is 5.80. The monoisotopic (exact) mass is 278 g/mol. The molecule has 5 heteroatoms. The number of morpholine rings is 1. The van der Waals surface area contributed by atoms with Crippen molar-refractivity contribution in [2.75, 3.05) is 29.9 Å². The number of nitrogens with one attached hydrogen (secondary N) is 1. The van der Waals surface area contributed by atoms with Crippen LogP contribution < -0.4 is 10.2 Å². The topological polar surface area (TPSA) is 50.3 Å². The molecule has 2 atom stereocenters. The number of hydrogen-bond donors (Lipinski definition) is 1. The summed E-state index contributed by atoms with van der Waals surface area (Å²) in [5, 5.41) is 3.40. The third-order valence-electron chi connectivity index (χ3n) is 3.49. The van der Waals surface area contributed by atoms with E-state index in [2.05, 4.69) is 47.9 Å². The van der Waals surface area contributed by atoms with Crippen LogP contribution in [0.1, 0.15) is 38.6 Å². The lowest BCUT2D eigenvalue weighted by Gasteiger charge is -2.37. The second-order valence-electron chi connectivity index (χ2n) is 5.66. The summed E-state index contributed by atoms with van der Waals surface area (Å²) in [6, 6.07) is 0. The van der Waals surface area contributed by atoms with Crippen molar-refractivity contribution in [1.82, 2.24) is 9.97 Å². The number of aryl methyl sites for hydroxylation is 1. The summed E-state index contributed by atoms with van der Waals surface area (Å²) in [5.74, 6) is 2.82. The molecule has 1 aliphatic rings. The number of ether oxygens (including phenoxy) is 1. The van der Waals surface area contributed by atoms with E-state index >= 15 is 0 Å². The summed E-state index contributed by atoms with van der Waals surface area (Å²) in [5.41, 5.74) is 1.13. The second-order valence-corrected chi connectivity index (χ2v) is 5.66. The van der Waals surface area contributed by atoms with Crippen molar-refractivity contribution in [3.8, 4) is 0 Å². The zero-order valence-corrected chi connectivity index (χ0v) is 13.2. The number of anilines is 2. The quantitative estimate of drug-likeness (QED) is 0.917. The first-order valence-electron chi connectivity index (χ1n) is 7.50. The lowest BCUT2D eigenvalue weighted by Crippen LogP contribution is -2.46. The van der Waals surface area contributed by atoms with Gasteiger partial charge in [0.15, 0.2) is 0 Å². The molecule has 20 heavy (non-hydrogen) atoms. The molecule has 0 aromatic carbocycles. The fraction of sp³-hybridized carbons (Fsp3) is 0.733. The second kappa shape index (κ2) is 6.39. The van der Waals surface area contributed by atoms with Crippen LogP contribution in [0, 0.1) is 13.8 Å². The normalized spacial score (nSPS) is 22.9. The minimum Gasteiger partial charge on any atom is -0.372 e. The highest BCUT2D eigenvalue weighted by atomic mass is 16.5. The van der Waals surface area contributed by atoms with Crippen LogP contribution in [0.25, 0.3) is 0 Å². The van der Waals surface area contributed by atoms with Crippen LogP contribution in [-0.4, -0.2) is 41.8 Å². The highest BCUT2D eigenvalue weighted by Crippen LogP contribution is 2.26. The van der Waals surface area contributed by atoms with Gasteiger partial charge in [-0.1, -0.05) is 6.92 Å². The van der Waals surface area contributed by atoms with Gasteiger partial charge in [0.1, 0.15) is 17.5 Å². The highest BCUT2D eigenvalue weighted by Gasteiger charge is 2.25. The molecule has 1 saturated heterocycles. The summed E-state index contributed by atoms with van der Waals surface area (Å²) in [7, 11) is 0. The molecule has 0 radical (unpaired) electrons. The van der Waals surface area contributed by atoms with Gasteiger partial charge in [-0.15, -0.1) is 0 Å². The van der Waals surface area contributed by atoms with Crippen LogP contribution in [0.3, 0.4) is 0 Å². The van der Waals surface area contributed by atoms with Gasteiger partial charge in [0, 0.05) is 25.2 Å². The van der Waals surface area contributed by atoms with Crippen LogP contribution in [0.15, 0.2) is 0 Å². The molecule has 0 spiro atoms. The Balaban J connectivity index is 2.28. The summed E-state index contributed by atoms with van der Waals surface area (Å²) in [6.07, 6.45) is 1.56. The Labute approximate surface area is 121 Å². The van der Waals surface area contributed by atoms with Gasteiger partial charge in [-0.2, -0.15) is 0 Å². The molecule has 5 nitrogen and oxygen atoms in total. The van der Waals surface area contributed by atoms with E-state index < -0.39 is 0 Å². The molecule has 2 unspecified atom stereocenters.